The molecule has 4 fully saturated rings. The third-order valence-electron chi connectivity index (χ3n) is 5.42. The summed E-state index contributed by atoms with van der Waals surface area (Å²) in [5.41, 5.74) is 0.409. The first kappa shape index (κ1) is 11.3. The lowest BCUT2D eigenvalue weighted by Crippen LogP contribution is -2.51. The smallest absolute Gasteiger partial charge is 0.296 e. The molecule has 1 N–H and O–H groups in total. The Hall–Kier alpha value is -1.50. The first-order chi connectivity index (χ1) is 9.22. The van der Waals surface area contributed by atoms with Crippen molar-refractivity contribution >= 4 is 6.01 Å². The van der Waals surface area contributed by atoms with E-state index in [0.29, 0.717) is 23.5 Å². The Morgan fingerprint density at radius 1 is 1.16 bits per heavy atom. The van der Waals surface area contributed by atoms with Gasteiger partial charge in [0.05, 0.1) is 0 Å². The summed E-state index contributed by atoms with van der Waals surface area (Å²) in [6.45, 7) is 1.80. The summed E-state index contributed by atoms with van der Waals surface area (Å²) in [6, 6.07) is 3.13. The van der Waals surface area contributed by atoms with E-state index in [1.165, 1.54) is 32.1 Å². The fraction of sp³-hybridized carbons (Fsp3) is 0.733. The SMILES string of the molecule is Cc1oc(NC2C3CC4CC(C3)CC2C4)nc1C#N. The van der Waals surface area contributed by atoms with Crippen molar-refractivity contribution in [2.45, 2.75) is 45.1 Å². The molecule has 1 aromatic heterocycles. The molecule has 19 heavy (non-hydrogen) atoms. The van der Waals surface area contributed by atoms with Gasteiger partial charge in [-0.15, -0.1) is 0 Å². The average molecular weight is 257 g/mol. The molecular weight excluding hydrogens is 238 g/mol. The Labute approximate surface area is 113 Å². The lowest BCUT2D eigenvalue weighted by molar-refractivity contribution is 0.00675. The van der Waals surface area contributed by atoms with Crippen molar-refractivity contribution in [3.05, 3.63) is 11.5 Å². The number of aryl methyl sites for hydroxylation is 1. The van der Waals surface area contributed by atoms with Crippen LogP contribution in [-0.4, -0.2) is 11.0 Å². The molecule has 5 rings (SSSR count). The quantitative estimate of drug-likeness (QED) is 0.884. The van der Waals surface area contributed by atoms with Gasteiger partial charge in [0, 0.05) is 6.04 Å². The summed E-state index contributed by atoms with van der Waals surface area (Å²) in [4.78, 5) is 4.24. The molecule has 0 saturated heterocycles. The van der Waals surface area contributed by atoms with E-state index in [-0.39, 0.29) is 0 Å². The van der Waals surface area contributed by atoms with E-state index < -0.39 is 0 Å². The van der Waals surface area contributed by atoms with Gasteiger partial charge in [0.2, 0.25) is 0 Å². The van der Waals surface area contributed by atoms with E-state index in [1.54, 1.807) is 6.92 Å². The average Bonchev–Trinajstić information content (AvgIpc) is 2.73. The highest BCUT2D eigenvalue weighted by molar-refractivity contribution is 5.34. The van der Waals surface area contributed by atoms with Crippen molar-refractivity contribution in [1.82, 2.24) is 4.98 Å². The standard InChI is InChI=1S/C15H19N3O/c1-8-13(7-16)17-15(19-8)18-14-11-3-9-2-10(5-11)6-12(14)4-9/h9-12,14H,2-6H2,1H3,(H,17,18). The van der Waals surface area contributed by atoms with Crippen molar-refractivity contribution in [3.8, 4) is 6.07 Å². The van der Waals surface area contributed by atoms with Gasteiger partial charge in [-0.25, -0.2) is 0 Å². The molecule has 4 nitrogen and oxygen atoms in total. The Kier molecular flexibility index (Phi) is 2.38. The fourth-order valence-electron chi connectivity index (χ4n) is 4.87. The zero-order chi connectivity index (χ0) is 13.0. The molecule has 0 aromatic carbocycles. The topological polar surface area (TPSA) is 61.9 Å². The summed E-state index contributed by atoms with van der Waals surface area (Å²) < 4.78 is 5.57. The summed E-state index contributed by atoms with van der Waals surface area (Å²) in [5, 5.41) is 12.4. The number of hydrogen-bond acceptors (Lipinski definition) is 4. The van der Waals surface area contributed by atoms with E-state index in [0.717, 1.165) is 23.7 Å². The minimum Gasteiger partial charge on any atom is -0.428 e. The van der Waals surface area contributed by atoms with Crippen LogP contribution in [0.4, 0.5) is 6.01 Å². The fourth-order valence-corrected chi connectivity index (χ4v) is 4.87. The van der Waals surface area contributed by atoms with Gasteiger partial charge >= 0.3 is 0 Å². The molecular formula is C15H19N3O. The molecule has 0 amide bonds. The van der Waals surface area contributed by atoms with Crippen LogP contribution < -0.4 is 5.32 Å². The van der Waals surface area contributed by atoms with Gasteiger partial charge in [0.25, 0.3) is 6.01 Å². The predicted octanol–water partition coefficient (Wildman–Crippen LogP) is 3.09. The molecule has 4 heteroatoms. The van der Waals surface area contributed by atoms with Crippen LogP contribution in [0.3, 0.4) is 0 Å². The Bertz CT molecular complexity index is 514. The van der Waals surface area contributed by atoms with Crippen LogP contribution in [0.15, 0.2) is 4.42 Å². The minimum atomic E-state index is 0.409. The maximum absolute atomic E-state index is 8.94. The van der Waals surface area contributed by atoms with Crippen LogP contribution in [0, 0.1) is 41.9 Å². The molecule has 0 radical (unpaired) electrons. The highest BCUT2D eigenvalue weighted by atomic mass is 16.4. The van der Waals surface area contributed by atoms with Gasteiger partial charge in [-0.1, -0.05) is 0 Å². The van der Waals surface area contributed by atoms with Gasteiger partial charge in [-0.2, -0.15) is 10.2 Å². The molecule has 4 bridgehead atoms. The maximum atomic E-state index is 8.94. The van der Waals surface area contributed by atoms with Gasteiger partial charge < -0.3 is 9.73 Å². The van der Waals surface area contributed by atoms with E-state index in [4.69, 9.17) is 9.68 Å². The van der Waals surface area contributed by atoms with E-state index >= 15 is 0 Å². The molecule has 1 heterocycles. The van der Waals surface area contributed by atoms with Crippen molar-refractivity contribution in [2.75, 3.05) is 5.32 Å². The number of aromatic nitrogens is 1. The number of rotatable bonds is 2. The van der Waals surface area contributed by atoms with Gasteiger partial charge in [-0.05, 0) is 62.7 Å². The van der Waals surface area contributed by atoms with Gasteiger partial charge in [-0.3, -0.25) is 0 Å². The Morgan fingerprint density at radius 3 is 2.32 bits per heavy atom. The second-order valence-electron chi connectivity index (χ2n) is 6.64. The van der Waals surface area contributed by atoms with Crippen molar-refractivity contribution in [3.63, 3.8) is 0 Å². The molecule has 4 saturated carbocycles. The van der Waals surface area contributed by atoms with Crippen LogP contribution in [0.1, 0.15) is 43.6 Å². The predicted molar refractivity (Wildman–Crippen MR) is 70.4 cm³/mol. The van der Waals surface area contributed by atoms with E-state index in [1.807, 2.05) is 0 Å². The summed E-state index contributed by atoms with van der Waals surface area (Å²) in [5.74, 6) is 4.14. The van der Waals surface area contributed by atoms with Gasteiger partial charge in [0.15, 0.2) is 5.69 Å². The number of nitrogens with one attached hydrogen (secondary N) is 1. The molecule has 4 aliphatic rings. The van der Waals surface area contributed by atoms with Gasteiger partial charge in [0.1, 0.15) is 11.8 Å². The lowest BCUT2D eigenvalue weighted by Gasteiger charge is -2.54. The Morgan fingerprint density at radius 2 is 1.79 bits per heavy atom. The van der Waals surface area contributed by atoms with Crippen molar-refractivity contribution in [2.24, 2.45) is 23.7 Å². The third kappa shape index (κ3) is 1.75. The monoisotopic (exact) mass is 257 g/mol. The first-order valence-corrected chi connectivity index (χ1v) is 7.37. The lowest BCUT2D eigenvalue weighted by atomic mass is 9.54. The first-order valence-electron chi connectivity index (χ1n) is 7.37. The zero-order valence-electron chi connectivity index (χ0n) is 11.2. The van der Waals surface area contributed by atoms with Crippen molar-refractivity contribution in [1.29, 1.82) is 5.26 Å². The van der Waals surface area contributed by atoms with Crippen LogP contribution in [0.2, 0.25) is 0 Å². The third-order valence-corrected chi connectivity index (χ3v) is 5.42. The number of anilines is 1. The summed E-state index contributed by atoms with van der Waals surface area (Å²) in [7, 11) is 0. The largest absolute Gasteiger partial charge is 0.428 e. The molecule has 0 spiro atoms. The minimum absolute atomic E-state index is 0.409. The molecule has 1 aromatic rings. The summed E-state index contributed by atoms with van der Waals surface area (Å²) in [6.07, 6.45) is 6.95. The van der Waals surface area contributed by atoms with E-state index in [2.05, 4.69) is 16.4 Å². The number of hydrogen-bond donors (Lipinski definition) is 1. The summed E-state index contributed by atoms with van der Waals surface area (Å²) >= 11 is 0. The highest BCUT2D eigenvalue weighted by Crippen LogP contribution is 2.54. The highest BCUT2D eigenvalue weighted by Gasteiger charge is 2.48. The Balaban J connectivity index is 1.55. The number of nitrogens with zero attached hydrogens (tertiary/aromatic N) is 2. The molecule has 100 valence electrons. The maximum Gasteiger partial charge on any atom is 0.296 e. The second-order valence-corrected chi connectivity index (χ2v) is 6.64. The van der Waals surface area contributed by atoms with Crippen LogP contribution in [-0.2, 0) is 0 Å². The molecule has 4 aliphatic carbocycles. The molecule has 0 atom stereocenters. The van der Waals surface area contributed by atoms with E-state index in [9.17, 15) is 0 Å². The van der Waals surface area contributed by atoms with Crippen LogP contribution >= 0.6 is 0 Å². The van der Waals surface area contributed by atoms with Crippen LogP contribution in [0.5, 0.6) is 0 Å². The van der Waals surface area contributed by atoms with Crippen molar-refractivity contribution < 1.29 is 4.42 Å². The second kappa shape index (κ2) is 4.00. The van der Waals surface area contributed by atoms with Crippen LogP contribution in [0.25, 0.3) is 0 Å². The normalized spacial score (nSPS) is 39.3. The number of nitriles is 1. The zero-order valence-corrected chi connectivity index (χ0v) is 11.2. The number of oxazole rings is 1. The molecule has 0 aliphatic heterocycles. The molecule has 0 unspecified atom stereocenters.